The monoisotopic (exact) mass is 403 g/mol. The molecule has 0 unspecified atom stereocenters. The minimum Gasteiger partial charge on any atom is -0.456 e. The highest BCUT2D eigenvalue weighted by molar-refractivity contribution is 6.05. The molecule has 0 saturated heterocycles. The van der Waals surface area contributed by atoms with Gasteiger partial charge in [-0.25, -0.2) is 4.39 Å². The molecular weight excluding hydrogens is 389 g/mol. The van der Waals surface area contributed by atoms with Gasteiger partial charge in [0.15, 0.2) is 5.76 Å². The highest BCUT2D eigenvalue weighted by Crippen LogP contribution is 2.31. The smallest absolute Gasteiger partial charge is 0.280 e. The van der Waals surface area contributed by atoms with E-state index in [1.54, 1.807) is 48.5 Å². The van der Waals surface area contributed by atoms with E-state index in [-0.39, 0.29) is 23.0 Å². The van der Waals surface area contributed by atoms with Crippen LogP contribution in [-0.2, 0) is 0 Å². The molecule has 0 fully saturated rings. The summed E-state index contributed by atoms with van der Waals surface area (Å²) in [7, 11) is 0. The molecule has 0 amide bonds. The zero-order valence-electron chi connectivity index (χ0n) is 15.4. The Morgan fingerprint density at radius 1 is 0.900 bits per heavy atom. The zero-order valence-corrected chi connectivity index (χ0v) is 15.4. The summed E-state index contributed by atoms with van der Waals surface area (Å²) in [5, 5.41) is 11.2. The van der Waals surface area contributed by atoms with Crippen molar-refractivity contribution in [3.8, 4) is 22.6 Å². The van der Waals surface area contributed by atoms with Crippen LogP contribution in [0.5, 0.6) is 0 Å². The molecule has 30 heavy (non-hydrogen) atoms. The van der Waals surface area contributed by atoms with Gasteiger partial charge in [0.25, 0.3) is 5.69 Å². The molecule has 0 aliphatic carbocycles. The summed E-state index contributed by atoms with van der Waals surface area (Å²) in [6.45, 7) is 0. The average molecular weight is 403 g/mol. The quantitative estimate of drug-likeness (QED) is 0.167. The van der Waals surface area contributed by atoms with Gasteiger partial charge in [0.05, 0.1) is 10.5 Å². The maximum Gasteiger partial charge on any atom is 0.280 e. The summed E-state index contributed by atoms with van der Waals surface area (Å²) in [4.78, 5) is 23.1. The summed E-state index contributed by atoms with van der Waals surface area (Å²) < 4.78 is 24.2. The lowest BCUT2D eigenvalue weighted by molar-refractivity contribution is -0.384. The van der Waals surface area contributed by atoms with Gasteiger partial charge in [-0.3, -0.25) is 14.9 Å². The van der Waals surface area contributed by atoms with E-state index in [1.165, 1.54) is 36.4 Å². The molecule has 0 saturated carbocycles. The van der Waals surface area contributed by atoms with Crippen LogP contribution in [0.15, 0.2) is 87.7 Å². The number of hydrogen-bond acceptors (Lipinski definition) is 5. The molecule has 0 spiro atoms. The molecule has 0 N–H and O–H groups in total. The first kappa shape index (κ1) is 19.1. The first-order valence-corrected chi connectivity index (χ1v) is 8.93. The number of allylic oxidation sites excluding steroid dienone is 1. The third-order valence-electron chi connectivity index (χ3n) is 4.37. The number of furan rings is 2. The van der Waals surface area contributed by atoms with Crippen molar-refractivity contribution in [3.05, 3.63) is 106 Å². The number of benzene rings is 2. The number of rotatable bonds is 6. The predicted molar refractivity (Wildman–Crippen MR) is 108 cm³/mol. The predicted octanol–water partition coefficient (Wildman–Crippen LogP) is 6.15. The van der Waals surface area contributed by atoms with Crippen molar-refractivity contribution in [2.45, 2.75) is 0 Å². The van der Waals surface area contributed by atoms with E-state index >= 15 is 0 Å². The summed E-state index contributed by atoms with van der Waals surface area (Å²) in [6.07, 6.45) is 2.75. The van der Waals surface area contributed by atoms with Crippen molar-refractivity contribution < 1.29 is 22.9 Å². The van der Waals surface area contributed by atoms with Gasteiger partial charge in [-0.1, -0.05) is 12.1 Å². The summed E-state index contributed by atoms with van der Waals surface area (Å²) in [5.41, 5.74) is 0.936. The fourth-order valence-electron chi connectivity index (χ4n) is 2.91. The molecule has 2 aromatic carbocycles. The topological polar surface area (TPSA) is 86.5 Å². The van der Waals surface area contributed by atoms with Crippen LogP contribution in [0.3, 0.4) is 0 Å². The fourth-order valence-corrected chi connectivity index (χ4v) is 2.91. The molecule has 4 aromatic rings. The van der Waals surface area contributed by atoms with Crippen LogP contribution in [0.25, 0.3) is 28.7 Å². The Kier molecular flexibility index (Phi) is 5.09. The summed E-state index contributed by atoms with van der Waals surface area (Å²) >= 11 is 0. The highest BCUT2D eigenvalue weighted by Gasteiger charge is 2.17. The van der Waals surface area contributed by atoms with E-state index in [9.17, 15) is 19.3 Å². The Bertz CT molecular complexity index is 1250. The minimum atomic E-state index is -0.480. The number of carbonyl (C=O) groups is 1. The molecule has 4 rings (SSSR count). The molecule has 0 aliphatic heterocycles. The maximum absolute atomic E-state index is 13.0. The van der Waals surface area contributed by atoms with Gasteiger partial charge < -0.3 is 8.83 Å². The molecule has 0 bridgehead atoms. The molecule has 0 aliphatic rings. The zero-order chi connectivity index (χ0) is 21.1. The molecule has 0 atom stereocenters. The van der Waals surface area contributed by atoms with Crippen LogP contribution < -0.4 is 0 Å². The van der Waals surface area contributed by atoms with Crippen LogP contribution in [-0.4, -0.2) is 10.7 Å². The molecule has 2 aromatic heterocycles. The van der Waals surface area contributed by atoms with E-state index in [0.29, 0.717) is 28.4 Å². The van der Waals surface area contributed by atoms with Gasteiger partial charge in [0.2, 0.25) is 5.78 Å². The van der Waals surface area contributed by atoms with Crippen LogP contribution in [0, 0.1) is 15.9 Å². The molecular formula is C23H14FNO5. The Balaban J connectivity index is 1.51. The Morgan fingerprint density at radius 3 is 2.40 bits per heavy atom. The Hall–Kier alpha value is -4.26. The fraction of sp³-hybridized carbons (Fsp3) is 0. The van der Waals surface area contributed by atoms with Gasteiger partial charge in [0.1, 0.15) is 23.1 Å². The van der Waals surface area contributed by atoms with E-state index in [4.69, 9.17) is 8.83 Å². The second-order valence-corrected chi connectivity index (χ2v) is 6.34. The van der Waals surface area contributed by atoms with E-state index in [2.05, 4.69) is 0 Å². The number of hydrogen-bond donors (Lipinski definition) is 0. The largest absolute Gasteiger partial charge is 0.456 e. The second-order valence-electron chi connectivity index (χ2n) is 6.34. The molecule has 148 valence electrons. The standard InChI is InChI=1S/C23H14FNO5/c24-16-7-5-15(6-8-16)21-13-14-23(30-21)20(26)11-9-17-10-12-22(29-17)18-3-1-2-4-19(18)25(27)28/h1-14H/b11-9+. The van der Waals surface area contributed by atoms with E-state index in [0.717, 1.165) is 0 Å². The highest BCUT2D eigenvalue weighted by atomic mass is 19.1. The molecule has 2 heterocycles. The van der Waals surface area contributed by atoms with Gasteiger partial charge >= 0.3 is 0 Å². The second kappa shape index (κ2) is 8.00. The van der Waals surface area contributed by atoms with Gasteiger partial charge in [-0.05, 0) is 66.7 Å². The van der Waals surface area contributed by atoms with Crippen molar-refractivity contribution >= 4 is 17.5 Å². The van der Waals surface area contributed by atoms with Crippen LogP contribution in [0.2, 0.25) is 0 Å². The van der Waals surface area contributed by atoms with Crippen LogP contribution >= 0.6 is 0 Å². The molecule has 7 heteroatoms. The van der Waals surface area contributed by atoms with Gasteiger partial charge in [0, 0.05) is 11.6 Å². The van der Waals surface area contributed by atoms with Crippen molar-refractivity contribution in [2.75, 3.05) is 0 Å². The van der Waals surface area contributed by atoms with Crippen molar-refractivity contribution in [1.82, 2.24) is 0 Å². The van der Waals surface area contributed by atoms with Crippen LogP contribution in [0.1, 0.15) is 16.3 Å². The maximum atomic E-state index is 13.0. The third-order valence-corrected chi connectivity index (χ3v) is 4.37. The third kappa shape index (κ3) is 3.95. The number of nitro benzene ring substituents is 1. The number of nitro groups is 1. The van der Waals surface area contributed by atoms with Gasteiger partial charge in [-0.15, -0.1) is 0 Å². The molecule has 0 radical (unpaired) electrons. The van der Waals surface area contributed by atoms with Gasteiger partial charge in [-0.2, -0.15) is 0 Å². The van der Waals surface area contributed by atoms with E-state index < -0.39 is 4.92 Å². The Labute approximate surface area is 170 Å². The lowest BCUT2D eigenvalue weighted by Crippen LogP contribution is -1.90. The Morgan fingerprint density at radius 2 is 1.63 bits per heavy atom. The first-order chi connectivity index (χ1) is 14.5. The number of halogens is 1. The number of para-hydroxylation sites is 1. The van der Waals surface area contributed by atoms with Crippen LogP contribution in [0.4, 0.5) is 10.1 Å². The van der Waals surface area contributed by atoms with Crippen molar-refractivity contribution in [1.29, 1.82) is 0 Å². The summed E-state index contributed by atoms with van der Waals surface area (Å²) in [6, 6.07) is 18.4. The number of nitrogens with zero attached hydrogens (tertiary/aromatic N) is 1. The summed E-state index contributed by atoms with van der Waals surface area (Å²) in [5.74, 6) is 0.516. The number of carbonyl (C=O) groups excluding carboxylic acids is 1. The average Bonchev–Trinajstić information content (AvgIpc) is 3.43. The lowest BCUT2D eigenvalue weighted by Gasteiger charge is -1.98. The SMILES string of the molecule is O=C(/C=C/c1ccc(-c2ccccc2[N+](=O)[O-])o1)c1ccc(-c2ccc(F)cc2)o1. The normalized spacial score (nSPS) is 11.1. The molecule has 6 nitrogen and oxygen atoms in total. The van der Waals surface area contributed by atoms with Crippen molar-refractivity contribution in [2.24, 2.45) is 0 Å². The lowest BCUT2D eigenvalue weighted by atomic mass is 10.1. The number of ketones is 1. The minimum absolute atomic E-state index is 0.0673. The van der Waals surface area contributed by atoms with Crippen molar-refractivity contribution in [3.63, 3.8) is 0 Å². The first-order valence-electron chi connectivity index (χ1n) is 8.93. The van der Waals surface area contributed by atoms with E-state index in [1.807, 2.05) is 0 Å².